The Balaban J connectivity index is 1.28. The Morgan fingerprint density at radius 2 is 1.63 bits per heavy atom. The predicted octanol–water partition coefficient (Wildman–Crippen LogP) is 4.59. The van der Waals surface area contributed by atoms with Gasteiger partial charge in [-0.3, -0.25) is 14.6 Å². The number of hydrogen-bond acceptors (Lipinski definition) is 6. The summed E-state index contributed by atoms with van der Waals surface area (Å²) in [6.45, 7) is 7.53. The quantitative estimate of drug-likeness (QED) is 0.420. The Bertz CT molecular complexity index is 1240. The van der Waals surface area contributed by atoms with Gasteiger partial charge in [0.15, 0.2) is 0 Å². The number of hydrazone groups is 1. The summed E-state index contributed by atoms with van der Waals surface area (Å²) >= 11 is 0. The van der Waals surface area contributed by atoms with Crippen LogP contribution in [0.25, 0.3) is 0 Å². The molecule has 3 aromatic rings. The van der Waals surface area contributed by atoms with E-state index in [9.17, 15) is 4.79 Å². The van der Waals surface area contributed by atoms with E-state index in [0.717, 1.165) is 61.1 Å². The van der Waals surface area contributed by atoms with Crippen molar-refractivity contribution in [1.29, 1.82) is 0 Å². The first-order valence-corrected chi connectivity index (χ1v) is 13.4. The Morgan fingerprint density at radius 1 is 0.895 bits per heavy atom. The fourth-order valence-electron chi connectivity index (χ4n) is 5.14. The summed E-state index contributed by atoms with van der Waals surface area (Å²) in [7, 11) is 1.66. The lowest BCUT2D eigenvalue weighted by atomic mass is 9.98. The topological polar surface area (TPSA) is 57.6 Å². The first kappa shape index (κ1) is 25.9. The van der Waals surface area contributed by atoms with E-state index in [1.165, 1.54) is 5.56 Å². The van der Waals surface area contributed by atoms with Gasteiger partial charge in [-0.2, -0.15) is 5.10 Å². The van der Waals surface area contributed by atoms with Crippen LogP contribution in [0.5, 0.6) is 11.5 Å². The summed E-state index contributed by atoms with van der Waals surface area (Å²) < 4.78 is 11.0. The number of methoxy groups -OCH3 is 1. The van der Waals surface area contributed by atoms with Crippen molar-refractivity contribution in [1.82, 2.24) is 14.8 Å². The van der Waals surface area contributed by atoms with Gasteiger partial charge in [0.2, 0.25) is 0 Å². The molecule has 1 atom stereocenters. The van der Waals surface area contributed by atoms with E-state index in [1.807, 2.05) is 61.5 Å². The standard InChI is InChI=1S/C31H36N4O3/c1-3-38-27-14-12-25(13-15-27)30-21-29(26-10-7-11-28(20-26)37-2)32-35(30)31(36)23-34-18-16-33(17-19-34)22-24-8-5-4-6-9-24/h4-15,20,30H,3,16-19,21-23H2,1-2H3. The molecule has 0 aromatic heterocycles. The first-order valence-electron chi connectivity index (χ1n) is 13.4. The molecule has 1 unspecified atom stereocenters. The molecule has 0 radical (unpaired) electrons. The van der Waals surface area contributed by atoms with Crippen LogP contribution in [0.15, 0.2) is 84.0 Å². The molecule has 1 amide bonds. The number of hydrogen-bond donors (Lipinski definition) is 0. The van der Waals surface area contributed by atoms with Gasteiger partial charge in [-0.05, 0) is 42.3 Å². The summed E-state index contributed by atoms with van der Waals surface area (Å²) in [5.74, 6) is 1.63. The molecule has 5 rings (SSSR count). The van der Waals surface area contributed by atoms with Crippen LogP contribution in [-0.4, -0.2) is 72.9 Å². The number of nitrogens with zero attached hydrogens (tertiary/aromatic N) is 4. The van der Waals surface area contributed by atoms with Gasteiger partial charge in [0.1, 0.15) is 11.5 Å². The summed E-state index contributed by atoms with van der Waals surface area (Å²) in [6.07, 6.45) is 0.651. The molecule has 7 nitrogen and oxygen atoms in total. The highest BCUT2D eigenvalue weighted by molar-refractivity contribution is 6.03. The lowest BCUT2D eigenvalue weighted by Gasteiger charge is -2.35. The maximum absolute atomic E-state index is 13.7. The summed E-state index contributed by atoms with van der Waals surface area (Å²) in [6, 6.07) is 26.3. The third-order valence-electron chi connectivity index (χ3n) is 7.22. The van der Waals surface area contributed by atoms with Gasteiger partial charge in [-0.25, -0.2) is 5.01 Å². The van der Waals surface area contributed by atoms with E-state index in [-0.39, 0.29) is 11.9 Å². The number of amides is 1. The van der Waals surface area contributed by atoms with Crippen LogP contribution in [0.3, 0.4) is 0 Å². The monoisotopic (exact) mass is 512 g/mol. The minimum Gasteiger partial charge on any atom is -0.497 e. The second-order valence-corrected chi connectivity index (χ2v) is 9.78. The predicted molar refractivity (Wildman–Crippen MR) is 150 cm³/mol. The zero-order valence-corrected chi connectivity index (χ0v) is 22.3. The molecule has 2 heterocycles. The average molecular weight is 513 g/mol. The molecule has 0 saturated carbocycles. The molecule has 7 heteroatoms. The highest BCUT2D eigenvalue weighted by Gasteiger charge is 2.34. The van der Waals surface area contributed by atoms with E-state index in [0.29, 0.717) is 19.6 Å². The zero-order chi connectivity index (χ0) is 26.3. The van der Waals surface area contributed by atoms with Gasteiger partial charge in [0.25, 0.3) is 5.91 Å². The molecular formula is C31H36N4O3. The van der Waals surface area contributed by atoms with Crippen LogP contribution < -0.4 is 9.47 Å². The summed E-state index contributed by atoms with van der Waals surface area (Å²) in [5.41, 5.74) is 4.25. The van der Waals surface area contributed by atoms with Gasteiger partial charge in [-0.15, -0.1) is 0 Å². The van der Waals surface area contributed by atoms with Crippen LogP contribution in [0.1, 0.15) is 36.1 Å². The van der Waals surface area contributed by atoms with Gasteiger partial charge in [0, 0.05) is 44.7 Å². The van der Waals surface area contributed by atoms with E-state index in [1.54, 1.807) is 12.1 Å². The van der Waals surface area contributed by atoms with Gasteiger partial charge >= 0.3 is 0 Å². The molecule has 3 aromatic carbocycles. The van der Waals surface area contributed by atoms with Gasteiger partial charge in [-0.1, -0.05) is 54.6 Å². The Morgan fingerprint density at radius 3 is 2.34 bits per heavy atom. The van der Waals surface area contributed by atoms with E-state index >= 15 is 0 Å². The largest absolute Gasteiger partial charge is 0.497 e. The number of carbonyl (C=O) groups excluding carboxylic acids is 1. The van der Waals surface area contributed by atoms with E-state index in [2.05, 4.69) is 34.1 Å². The lowest BCUT2D eigenvalue weighted by Crippen LogP contribution is -2.49. The molecule has 1 saturated heterocycles. The fourth-order valence-corrected chi connectivity index (χ4v) is 5.14. The highest BCUT2D eigenvalue weighted by Crippen LogP contribution is 2.34. The SMILES string of the molecule is CCOc1ccc(C2CC(c3cccc(OC)c3)=NN2C(=O)CN2CCN(Cc3ccccc3)CC2)cc1. The number of carbonyl (C=O) groups is 1. The van der Waals surface area contributed by atoms with E-state index < -0.39 is 0 Å². The molecule has 198 valence electrons. The number of piperazine rings is 1. The molecule has 0 aliphatic carbocycles. The Hall–Kier alpha value is -3.68. The average Bonchev–Trinajstić information content (AvgIpc) is 3.41. The number of benzene rings is 3. The van der Waals surface area contributed by atoms with Crippen LogP contribution in [0.4, 0.5) is 0 Å². The number of ether oxygens (including phenoxy) is 2. The van der Waals surface area contributed by atoms with Crippen molar-refractivity contribution >= 4 is 11.6 Å². The molecule has 1 fully saturated rings. The smallest absolute Gasteiger partial charge is 0.257 e. The highest BCUT2D eigenvalue weighted by atomic mass is 16.5. The van der Waals surface area contributed by atoms with Crippen molar-refractivity contribution in [3.8, 4) is 11.5 Å². The van der Waals surface area contributed by atoms with Crippen LogP contribution in [-0.2, 0) is 11.3 Å². The van der Waals surface area contributed by atoms with Crippen molar-refractivity contribution in [2.45, 2.75) is 25.9 Å². The van der Waals surface area contributed by atoms with Crippen LogP contribution in [0.2, 0.25) is 0 Å². The second kappa shape index (κ2) is 12.2. The molecule has 2 aliphatic rings. The molecule has 0 spiro atoms. The van der Waals surface area contributed by atoms with Gasteiger partial charge < -0.3 is 9.47 Å². The normalized spacial score (nSPS) is 18.3. The lowest BCUT2D eigenvalue weighted by molar-refractivity contribution is -0.134. The minimum atomic E-state index is -0.154. The maximum Gasteiger partial charge on any atom is 0.257 e. The van der Waals surface area contributed by atoms with Crippen molar-refractivity contribution in [2.75, 3.05) is 46.4 Å². The van der Waals surface area contributed by atoms with Crippen LogP contribution >= 0.6 is 0 Å². The Kier molecular flexibility index (Phi) is 8.36. The Labute approximate surface area is 225 Å². The maximum atomic E-state index is 13.7. The summed E-state index contributed by atoms with van der Waals surface area (Å²) in [5, 5.41) is 6.56. The third kappa shape index (κ3) is 6.23. The number of rotatable bonds is 9. The molecule has 0 N–H and O–H groups in total. The van der Waals surface area contributed by atoms with Gasteiger partial charge in [0.05, 0.1) is 32.0 Å². The van der Waals surface area contributed by atoms with E-state index in [4.69, 9.17) is 14.6 Å². The summed E-state index contributed by atoms with van der Waals surface area (Å²) in [4.78, 5) is 18.4. The third-order valence-corrected chi connectivity index (χ3v) is 7.22. The van der Waals surface area contributed by atoms with Crippen molar-refractivity contribution < 1.29 is 14.3 Å². The molecule has 0 bridgehead atoms. The molecule has 2 aliphatic heterocycles. The van der Waals surface area contributed by atoms with Crippen molar-refractivity contribution in [2.24, 2.45) is 5.10 Å². The van der Waals surface area contributed by atoms with Crippen molar-refractivity contribution in [3.05, 3.63) is 95.6 Å². The zero-order valence-electron chi connectivity index (χ0n) is 22.3. The first-order chi connectivity index (χ1) is 18.6. The minimum absolute atomic E-state index is 0.0262. The molecule has 38 heavy (non-hydrogen) atoms. The van der Waals surface area contributed by atoms with Crippen LogP contribution in [0, 0.1) is 0 Å². The fraction of sp³-hybridized carbons (Fsp3) is 0.355. The van der Waals surface area contributed by atoms with Crippen molar-refractivity contribution in [3.63, 3.8) is 0 Å². The second-order valence-electron chi connectivity index (χ2n) is 9.78. The molecular weight excluding hydrogens is 476 g/mol.